The molecule has 3 heteroatoms. The minimum atomic E-state index is 0.455. The highest BCUT2D eigenvalue weighted by atomic mass is 16.5. The van der Waals surface area contributed by atoms with Crippen LogP contribution in [0.2, 0.25) is 0 Å². The Bertz CT molecular complexity index is 373. The molecule has 1 aliphatic rings. The van der Waals surface area contributed by atoms with Crippen molar-refractivity contribution in [2.45, 2.75) is 51.2 Å². The van der Waals surface area contributed by atoms with Gasteiger partial charge in [-0.3, -0.25) is 0 Å². The third-order valence-electron chi connectivity index (χ3n) is 3.79. The topological polar surface area (TPSA) is 30.5 Å². The van der Waals surface area contributed by atoms with Crippen LogP contribution in [0.3, 0.4) is 0 Å². The smallest absolute Gasteiger partial charge is 0.119 e. The second-order valence-electron chi connectivity index (χ2n) is 5.51. The summed E-state index contributed by atoms with van der Waals surface area (Å²) in [5, 5.41) is 3.15. The van der Waals surface area contributed by atoms with Crippen LogP contribution in [0.5, 0.6) is 5.75 Å². The Kier molecular flexibility index (Phi) is 6.89. The van der Waals surface area contributed by atoms with E-state index < -0.39 is 0 Å². The average Bonchev–Trinajstić information content (AvgIpc) is 2.73. The van der Waals surface area contributed by atoms with Gasteiger partial charge in [0.2, 0.25) is 0 Å². The van der Waals surface area contributed by atoms with E-state index in [9.17, 15) is 0 Å². The van der Waals surface area contributed by atoms with Crippen LogP contribution < -0.4 is 10.1 Å². The Morgan fingerprint density at radius 1 is 1.10 bits per heavy atom. The molecule has 1 aliphatic carbocycles. The van der Waals surface area contributed by atoms with Crippen molar-refractivity contribution in [1.82, 2.24) is 5.32 Å². The van der Waals surface area contributed by atoms with Crippen LogP contribution >= 0.6 is 0 Å². The lowest BCUT2D eigenvalue weighted by molar-refractivity contribution is 0.0254. The lowest BCUT2D eigenvalue weighted by Gasteiger charge is -2.15. The normalized spacial score (nSPS) is 16.9. The predicted molar refractivity (Wildman–Crippen MR) is 82.1 cm³/mol. The van der Waals surface area contributed by atoms with Crippen molar-refractivity contribution >= 4 is 0 Å². The maximum atomic E-state index is 5.93. The molecule has 1 aromatic rings. The maximum Gasteiger partial charge on any atom is 0.119 e. The summed E-state index contributed by atoms with van der Waals surface area (Å²) in [6.45, 7) is 2.20. The van der Waals surface area contributed by atoms with E-state index in [0.29, 0.717) is 19.3 Å². The van der Waals surface area contributed by atoms with Gasteiger partial charge in [0, 0.05) is 6.54 Å². The first kappa shape index (κ1) is 15.3. The van der Waals surface area contributed by atoms with Gasteiger partial charge >= 0.3 is 0 Å². The molecule has 0 bridgehead atoms. The number of ether oxygens (including phenoxy) is 2. The highest BCUT2D eigenvalue weighted by molar-refractivity contribution is 5.28. The zero-order valence-electron chi connectivity index (χ0n) is 12.6. The van der Waals surface area contributed by atoms with Crippen LogP contribution in [0.15, 0.2) is 24.3 Å². The van der Waals surface area contributed by atoms with E-state index in [4.69, 9.17) is 9.47 Å². The molecule has 0 aromatic heterocycles. The molecule has 1 N–H and O–H groups in total. The minimum Gasteiger partial charge on any atom is -0.491 e. The Hall–Kier alpha value is -1.06. The van der Waals surface area contributed by atoms with Crippen LogP contribution in [0.25, 0.3) is 0 Å². The molecule has 0 unspecified atom stereocenters. The Labute approximate surface area is 122 Å². The molecule has 2 rings (SSSR count). The standard InChI is InChI=1S/C17H27NO2/c1-18-14-15-7-6-10-17(13-15)20-12-11-19-16-8-4-2-3-5-9-16/h6-7,10,13,16,18H,2-5,8-9,11-12,14H2,1H3. The Morgan fingerprint density at radius 2 is 1.90 bits per heavy atom. The molecule has 0 heterocycles. The summed E-state index contributed by atoms with van der Waals surface area (Å²) in [4.78, 5) is 0. The molecular weight excluding hydrogens is 250 g/mol. The summed E-state index contributed by atoms with van der Waals surface area (Å²) in [5.74, 6) is 0.933. The molecule has 0 saturated heterocycles. The van der Waals surface area contributed by atoms with Gasteiger partial charge in [0.1, 0.15) is 12.4 Å². The number of rotatable bonds is 7. The van der Waals surface area contributed by atoms with Crippen LogP contribution in [0.1, 0.15) is 44.1 Å². The largest absolute Gasteiger partial charge is 0.491 e. The van der Waals surface area contributed by atoms with Gasteiger partial charge in [0.25, 0.3) is 0 Å². The van der Waals surface area contributed by atoms with Gasteiger partial charge in [-0.05, 0) is 37.6 Å². The molecule has 0 spiro atoms. The molecule has 112 valence electrons. The lowest BCUT2D eigenvalue weighted by Crippen LogP contribution is -2.16. The first-order valence-electron chi connectivity index (χ1n) is 7.86. The number of hydrogen-bond acceptors (Lipinski definition) is 3. The van der Waals surface area contributed by atoms with E-state index in [1.54, 1.807) is 0 Å². The summed E-state index contributed by atoms with van der Waals surface area (Å²) in [6, 6.07) is 8.23. The molecule has 3 nitrogen and oxygen atoms in total. The highest BCUT2D eigenvalue weighted by Gasteiger charge is 2.12. The predicted octanol–water partition coefficient (Wildman–Crippen LogP) is 3.52. The summed E-state index contributed by atoms with van der Waals surface area (Å²) in [5.41, 5.74) is 1.25. The molecular formula is C17H27NO2. The van der Waals surface area contributed by atoms with Gasteiger partial charge in [-0.1, -0.05) is 37.8 Å². The maximum absolute atomic E-state index is 5.93. The average molecular weight is 277 g/mol. The van der Waals surface area contributed by atoms with E-state index in [0.717, 1.165) is 12.3 Å². The Morgan fingerprint density at radius 3 is 2.65 bits per heavy atom. The monoisotopic (exact) mass is 277 g/mol. The fourth-order valence-electron chi connectivity index (χ4n) is 2.73. The van der Waals surface area contributed by atoms with Crippen LogP contribution in [0, 0.1) is 0 Å². The Balaban J connectivity index is 1.66. The van der Waals surface area contributed by atoms with Gasteiger partial charge in [-0.2, -0.15) is 0 Å². The molecule has 0 radical (unpaired) electrons. The SMILES string of the molecule is CNCc1cccc(OCCOC2CCCCCC2)c1. The number of nitrogens with one attached hydrogen (secondary N) is 1. The van der Waals surface area contributed by atoms with Gasteiger partial charge < -0.3 is 14.8 Å². The van der Waals surface area contributed by atoms with Crippen LogP contribution in [0.4, 0.5) is 0 Å². The van der Waals surface area contributed by atoms with Crippen molar-refractivity contribution in [1.29, 1.82) is 0 Å². The first-order valence-corrected chi connectivity index (χ1v) is 7.86. The van der Waals surface area contributed by atoms with E-state index in [1.165, 1.54) is 44.1 Å². The number of hydrogen-bond donors (Lipinski definition) is 1. The molecule has 0 atom stereocenters. The van der Waals surface area contributed by atoms with Gasteiger partial charge in [-0.25, -0.2) is 0 Å². The van der Waals surface area contributed by atoms with Crippen LogP contribution in [-0.4, -0.2) is 26.4 Å². The van der Waals surface area contributed by atoms with Crippen molar-refractivity contribution in [2.24, 2.45) is 0 Å². The fraction of sp³-hybridized carbons (Fsp3) is 0.647. The zero-order chi connectivity index (χ0) is 14.0. The molecule has 0 aliphatic heterocycles. The molecule has 1 aromatic carbocycles. The summed E-state index contributed by atoms with van der Waals surface area (Å²) in [6.07, 6.45) is 8.27. The van der Waals surface area contributed by atoms with E-state index in [-0.39, 0.29) is 0 Å². The second-order valence-corrected chi connectivity index (χ2v) is 5.51. The second kappa shape index (κ2) is 8.98. The van der Waals surface area contributed by atoms with Crippen molar-refractivity contribution in [3.63, 3.8) is 0 Å². The third-order valence-corrected chi connectivity index (χ3v) is 3.79. The quantitative estimate of drug-likeness (QED) is 0.611. The first-order chi connectivity index (χ1) is 9.88. The van der Waals surface area contributed by atoms with E-state index in [1.807, 2.05) is 19.2 Å². The highest BCUT2D eigenvalue weighted by Crippen LogP contribution is 2.19. The molecule has 1 saturated carbocycles. The minimum absolute atomic E-state index is 0.455. The van der Waals surface area contributed by atoms with Crippen molar-refractivity contribution in [3.05, 3.63) is 29.8 Å². The van der Waals surface area contributed by atoms with Crippen molar-refractivity contribution in [3.8, 4) is 5.75 Å². The van der Waals surface area contributed by atoms with Crippen LogP contribution in [-0.2, 0) is 11.3 Å². The van der Waals surface area contributed by atoms with Crippen molar-refractivity contribution < 1.29 is 9.47 Å². The molecule has 0 amide bonds. The third kappa shape index (κ3) is 5.51. The summed E-state index contributed by atoms with van der Waals surface area (Å²) < 4.78 is 11.7. The van der Waals surface area contributed by atoms with E-state index in [2.05, 4.69) is 17.4 Å². The van der Waals surface area contributed by atoms with Gasteiger partial charge in [0.15, 0.2) is 0 Å². The van der Waals surface area contributed by atoms with E-state index >= 15 is 0 Å². The van der Waals surface area contributed by atoms with Crippen molar-refractivity contribution in [2.75, 3.05) is 20.3 Å². The van der Waals surface area contributed by atoms with Gasteiger partial charge in [-0.15, -0.1) is 0 Å². The lowest BCUT2D eigenvalue weighted by atomic mass is 10.1. The zero-order valence-corrected chi connectivity index (χ0v) is 12.6. The summed E-state index contributed by atoms with van der Waals surface area (Å²) >= 11 is 0. The summed E-state index contributed by atoms with van der Waals surface area (Å²) in [7, 11) is 1.95. The molecule has 1 fully saturated rings. The fourth-order valence-corrected chi connectivity index (χ4v) is 2.73. The molecule has 20 heavy (non-hydrogen) atoms. The van der Waals surface area contributed by atoms with Gasteiger partial charge in [0.05, 0.1) is 12.7 Å². The number of benzene rings is 1.